The predicted octanol–water partition coefficient (Wildman–Crippen LogP) is 3.15. The summed E-state index contributed by atoms with van der Waals surface area (Å²) >= 11 is 0. The zero-order valence-electron chi connectivity index (χ0n) is 11.9. The minimum atomic E-state index is 0.341. The third-order valence-corrected chi connectivity index (χ3v) is 3.56. The summed E-state index contributed by atoms with van der Waals surface area (Å²) in [4.78, 5) is 4.30. The summed E-state index contributed by atoms with van der Waals surface area (Å²) in [5, 5.41) is 9.83. The summed E-state index contributed by atoms with van der Waals surface area (Å²) in [6.07, 6.45) is 4.08. The Labute approximate surface area is 124 Å². The van der Waals surface area contributed by atoms with E-state index in [4.69, 9.17) is 4.74 Å². The Morgan fingerprint density at radius 3 is 2.52 bits per heavy atom. The van der Waals surface area contributed by atoms with Crippen LogP contribution in [0, 0.1) is 0 Å². The second-order valence-electron chi connectivity index (χ2n) is 4.98. The van der Waals surface area contributed by atoms with Crippen molar-refractivity contribution in [2.75, 3.05) is 18.7 Å². The highest BCUT2D eigenvalue weighted by Crippen LogP contribution is 2.24. The van der Waals surface area contributed by atoms with Crippen LogP contribution in [0.3, 0.4) is 0 Å². The van der Waals surface area contributed by atoms with E-state index in [-0.39, 0.29) is 0 Å². The van der Waals surface area contributed by atoms with Crippen LogP contribution in [0.15, 0.2) is 60.9 Å². The van der Waals surface area contributed by atoms with Crippen molar-refractivity contribution >= 4 is 5.69 Å². The number of rotatable bonds is 4. The number of phenols is 1. The highest BCUT2D eigenvalue weighted by molar-refractivity contribution is 5.52. The van der Waals surface area contributed by atoms with Gasteiger partial charge in [-0.25, -0.2) is 0 Å². The maximum Gasteiger partial charge on any atom is 0.120 e. The van der Waals surface area contributed by atoms with Crippen LogP contribution in [0.2, 0.25) is 0 Å². The summed E-state index contributed by atoms with van der Waals surface area (Å²) < 4.78 is 5.17. The Morgan fingerprint density at radius 2 is 1.81 bits per heavy atom. The molecule has 1 heterocycles. The van der Waals surface area contributed by atoms with Crippen molar-refractivity contribution in [1.29, 1.82) is 0 Å². The van der Waals surface area contributed by atoms with Gasteiger partial charge in [0, 0.05) is 30.2 Å². The van der Waals surface area contributed by atoms with E-state index in [1.165, 1.54) is 0 Å². The van der Waals surface area contributed by atoms with Crippen molar-refractivity contribution < 1.29 is 9.84 Å². The fourth-order valence-electron chi connectivity index (χ4n) is 2.37. The maximum absolute atomic E-state index is 9.83. The van der Waals surface area contributed by atoms with Crippen molar-refractivity contribution in [3.05, 3.63) is 66.5 Å². The first-order valence-electron chi connectivity index (χ1n) is 6.86. The Balaban J connectivity index is 1.65. The number of ether oxygens (including phenoxy) is 1. The molecule has 0 saturated carbocycles. The van der Waals surface area contributed by atoms with Crippen LogP contribution in [0.4, 0.5) is 5.69 Å². The van der Waals surface area contributed by atoms with Gasteiger partial charge in [0.15, 0.2) is 0 Å². The Morgan fingerprint density at radius 1 is 1.05 bits per heavy atom. The molecule has 0 unspecified atom stereocenters. The maximum atomic E-state index is 9.83. The monoisotopic (exact) mass is 282 g/mol. The van der Waals surface area contributed by atoms with Gasteiger partial charge in [-0.05, 0) is 30.3 Å². The van der Waals surface area contributed by atoms with E-state index in [1.54, 1.807) is 13.2 Å². The quantitative estimate of drug-likeness (QED) is 0.934. The molecule has 0 fully saturated rings. The van der Waals surface area contributed by atoms with E-state index < -0.39 is 0 Å². The molecule has 0 saturated heterocycles. The average Bonchev–Trinajstić information content (AvgIpc) is 2.98. The highest BCUT2D eigenvalue weighted by atomic mass is 16.5. The molecule has 4 heteroatoms. The van der Waals surface area contributed by atoms with Gasteiger partial charge in [-0.2, -0.15) is 0 Å². The molecule has 0 aromatic heterocycles. The van der Waals surface area contributed by atoms with Crippen LogP contribution in [0.1, 0.15) is 5.56 Å². The molecule has 0 atom stereocenters. The average molecular weight is 282 g/mol. The van der Waals surface area contributed by atoms with Crippen molar-refractivity contribution in [3.63, 3.8) is 0 Å². The first-order chi connectivity index (χ1) is 10.3. The van der Waals surface area contributed by atoms with Gasteiger partial charge < -0.3 is 19.6 Å². The van der Waals surface area contributed by atoms with E-state index in [0.717, 1.165) is 23.7 Å². The van der Waals surface area contributed by atoms with Gasteiger partial charge in [0.25, 0.3) is 0 Å². The summed E-state index contributed by atoms with van der Waals surface area (Å²) in [5.41, 5.74) is 2.05. The lowest BCUT2D eigenvalue weighted by Crippen LogP contribution is -2.24. The summed E-state index contributed by atoms with van der Waals surface area (Å²) in [6, 6.07) is 15.4. The number of para-hydroxylation sites is 1. The van der Waals surface area contributed by atoms with Gasteiger partial charge in [-0.15, -0.1) is 0 Å². The van der Waals surface area contributed by atoms with Gasteiger partial charge in [0.2, 0.25) is 0 Å². The molecule has 1 N–H and O–H groups in total. The molecule has 4 nitrogen and oxygen atoms in total. The molecule has 3 rings (SSSR count). The summed E-state index contributed by atoms with van der Waals surface area (Å²) in [6.45, 7) is 1.45. The lowest BCUT2D eigenvalue weighted by molar-refractivity contribution is 0.384. The number of methoxy groups -OCH3 is 1. The molecule has 1 aliphatic heterocycles. The summed E-state index contributed by atoms with van der Waals surface area (Å²) in [5.74, 6) is 1.20. The van der Waals surface area contributed by atoms with Crippen LogP contribution in [0.25, 0.3) is 0 Å². The van der Waals surface area contributed by atoms with Gasteiger partial charge in [0.05, 0.1) is 13.8 Å². The van der Waals surface area contributed by atoms with Crippen LogP contribution >= 0.6 is 0 Å². The molecule has 0 spiro atoms. The first-order valence-corrected chi connectivity index (χ1v) is 6.86. The Kier molecular flexibility index (Phi) is 3.69. The van der Waals surface area contributed by atoms with E-state index >= 15 is 0 Å². The minimum absolute atomic E-state index is 0.341. The number of phenolic OH excluding ortho intramolecular Hbond substituents is 1. The molecule has 2 aromatic rings. The Bertz CT molecular complexity index is 637. The second-order valence-corrected chi connectivity index (χ2v) is 4.98. The SMILES string of the molecule is COc1ccc(N2C=CN(Cc3ccccc3O)C2)cc1. The standard InChI is InChI=1S/C17H18N2O2/c1-21-16-8-6-15(7-9-16)19-11-10-18(13-19)12-14-4-2-3-5-17(14)20/h2-11,20H,12-13H2,1H3. The van der Waals surface area contributed by atoms with Crippen LogP contribution in [-0.2, 0) is 6.54 Å². The molecule has 0 radical (unpaired) electrons. The van der Waals surface area contributed by atoms with Crippen LogP contribution in [0.5, 0.6) is 11.5 Å². The van der Waals surface area contributed by atoms with E-state index in [9.17, 15) is 5.11 Å². The number of hydrogen-bond donors (Lipinski definition) is 1. The topological polar surface area (TPSA) is 35.9 Å². The largest absolute Gasteiger partial charge is 0.508 e. The molecule has 2 aromatic carbocycles. The van der Waals surface area contributed by atoms with Crippen LogP contribution < -0.4 is 9.64 Å². The number of aromatic hydroxyl groups is 1. The zero-order valence-corrected chi connectivity index (χ0v) is 11.9. The van der Waals surface area contributed by atoms with Crippen molar-refractivity contribution in [1.82, 2.24) is 4.90 Å². The number of nitrogens with zero attached hydrogens (tertiary/aromatic N) is 2. The first kappa shape index (κ1) is 13.4. The number of hydrogen-bond acceptors (Lipinski definition) is 4. The molecule has 1 aliphatic rings. The molecular formula is C17H18N2O2. The Hall–Kier alpha value is -2.62. The van der Waals surface area contributed by atoms with Gasteiger partial charge in [-0.3, -0.25) is 0 Å². The van der Waals surface area contributed by atoms with Gasteiger partial charge >= 0.3 is 0 Å². The third-order valence-electron chi connectivity index (χ3n) is 3.56. The summed E-state index contributed by atoms with van der Waals surface area (Å²) in [7, 11) is 1.67. The van der Waals surface area contributed by atoms with Crippen molar-refractivity contribution in [2.45, 2.75) is 6.54 Å². The molecule has 0 aliphatic carbocycles. The van der Waals surface area contributed by atoms with Gasteiger partial charge in [-0.1, -0.05) is 18.2 Å². The van der Waals surface area contributed by atoms with Crippen molar-refractivity contribution in [3.8, 4) is 11.5 Å². The smallest absolute Gasteiger partial charge is 0.120 e. The highest BCUT2D eigenvalue weighted by Gasteiger charge is 2.15. The minimum Gasteiger partial charge on any atom is -0.508 e. The molecule has 21 heavy (non-hydrogen) atoms. The van der Waals surface area contributed by atoms with Crippen LogP contribution in [-0.4, -0.2) is 23.8 Å². The van der Waals surface area contributed by atoms with Gasteiger partial charge in [0.1, 0.15) is 11.5 Å². The number of anilines is 1. The second kappa shape index (κ2) is 5.79. The number of benzene rings is 2. The zero-order chi connectivity index (χ0) is 14.7. The molecular weight excluding hydrogens is 264 g/mol. The predicted molar refractivity (Wildman–Crippen MR) is 83.1 cm³/mol. The van der Waals surface area contributed by atoms with Crippen molar-refractivity contribution in [2.24, 2.45) is 0 Å². The molecule has 108 valence electrons. The lowest BCUT2D eigenvalue weighted by Gasteiger charge is -2.22. The molecule has 0 amide bonds. The third kappa shape index (κ3) is 2.94. The van der Waals surface area contributed by atoms with E-state index in [1.807, 2.05) is 54.9 Å². The fraction of sp³-hybridized carbons (Fsp3) is 0.176. The normalized spacial score (nSPS) is 13.8. The lowest BCUT2D eigenvalue weighted by atomic mass is 10.2. The molecule has 0 bridgehead atoms. The van der Waals surface area contributed by atoms with E-state index in [0.29, 0.717) is 12.3 Å². The van der Waals surface area contributed by atoms with E-state index in [2.05, 4.69) is 9.80 Å². The fourth-order valence-corrected chi connectivity index (χ4v) is 2.37.